The number of carbonyl (C=O) groups is 4. The summed E-state index contributed by atoms with van der Waals surface area (Å²) < 4.78 is 0.745. The Kier molecular flexibility index (Phi) is 5.89. The van der Waals surface area contributed by atoms with Crippen LogP contribution in [0, 0.1) is 0 Å². The average Bonchev–Trinajstić information content (AvgIpc) is 3.21. The number of Topliss-reactive ketones (excluding diaryl/α,β-unsaturated/α-hetero) is 1. The van der Waals surface area contributed by atoms with Crippen LogP contribution in [0.5, 0.6) is 0 Å². The molecule has 1 aliphatic rings. The second-order valence-corrected chi connectivity index (χ2v) is 8.32. The van der Waals surface area contributed by atoms with E-state index in [1.54, 1.807) is 29.7 Å². The standard InChI is InChI=1S/C19H12Cl2N6O4S/c20-9-6-5-8(7-10(9)21)27-17(29)14(25-26-19(31)24-22)13(15(28)18(27)30)16-23-11-3-1-2-4-12(11)32-16/h1-7,13H,22H2,(H2,24,26,31)/b25-14-/t13-/m1/s1. The van der Waals surface area contributed by atoms with Crippen LogP contribution >= 0.6 is 34.5 Å². The average molecular weight is 491 g/mol. The van der Waals surface area contributed by atoms with Crippen LogP contribution in [0.3, 0.4) is 0 Å². The quantitative estimate of drug-likeness (QED) is 0.169. The van der Waals surface area contributed by atoms with Crippen LogP contribution in [-0.2, 0) is 14.4 Å². The fourth-order valence-corrected chi connectivity index (χ4v) is 4.41. The third-order valence-corrected chi connectivity index (χ3v) is 6.34. The number of hydrogen-bond acceptors (Lipinski definition) is 8. The van der Waals surface area contributed by atoms with Gasteiger partial charge in [0.1, 0.15) is 16.6 Å². The number of halogens is 2. The van der Waals surface area contributed by atoms with Gasteiger partial charge in [-0.3, -0.25) is 19.8 Å². The Bertz CT molecular complexity index is 1290. The summed E-state index contributed by atoms with van der Waals surface area (Å²) in [4.78, 5) is 55.9. The molecule has 0 radical (unpaired) electrons. The van der Waals surface area contributed by atoms with Crippen molar-refractivity contribution in [1.82, 2.24) is 15.8 Å². The van der Waals surface area contributed by atoms with Crippen LogP contribution < -0.4 is 21.6 Å². The zero-order valence-corrected chi connectivity index (χ0v) is 18.2. The summed E-state index contributed by atoms with van der Waals surface area (Å²) in [5.74, 6) is 0.632. The topological polar surface area (TPSA) is 147 Å². The molecule has 1 atom stereocenters. The maximum Gasteiger partial charge on any atom is 0.349 e. The Morgan fingerprint density at radius 3 is 2.53 bits per heavy atom. The van der Waals surface area contributed by atoms with Crippen LogP contribution in [0.25, 0.3) is 10.2 Å². The zero-order chi connectivity index (χ0) is 23.0. The smallest absolute Gasteiger partial charge is 0.287 e. The van der Waals surface area contributed by atoms with Gasteiger partial charge in [-0.15, -0.1) is 11.3 Å². The van der Waals surface area contributed by atoms with Crippen LogP contribution in [-0.4, -0.2) is 34.3 Å². The SMILES string of the molecule is NNC(=O)N/N=C1\C(=O)N(c2ccc(Cl)c(Cl)c2)C(=O)C(=O)[C@@H]1c1nc2ccccc2s1. The van der Waals surface area contributed by atoms with E-state index in [1.807, 2.05) is 5.43 Å². The molecule has 4 amide bonds. The van der Waals surface area contributed by atoms with Gasteiger partial charge >= 0.3 is 11.9 Å². The number of para-hydroxylation sites is 1. The van der Waals surface area contributed by atoms with Gasteiger partial charge in [0.2, 0.25) is 5.78 Å². The van der Waals surface area contributed by atoms with Crippen molar-refractivity contribution in [1.29, 1.82) is 0 Å². The van der Waals surface area contributed by atoms with E-state index >= 15 is 0 Å². The van der Waals surface area contributed by atoms with Gasteiger partial charge in [0.15, 0.2) is 0 Å². The van der Waals surface area contributed by atoms with E-state index in [1.165, 1.54) is 18.2 Å². The number of rotatable bonds is 3. The van der Waals surface area contributed by atoms with Crippen molar-refractivity contribution in [3.63, 3.8) is 0 Å². The fourth-order valence-electron chi connectivity index (χ4n) is 3.04. The number of urea groups is 1. The van der Waals surface area contributed by atoms with Crippen LogP contribution in [0.15, 0.2) is 47.6 Å². The molecule has 1 aromatic heterocycles. The summed E-state index contributed by atoms with van der Waals surface area (Å²) in [6.45, 7) is 0. The molecule has 0 spiro atoms. The molecule has 10 nitrogen and oxygen atoms in total. The lowest BCUT2D eigenvalue weighted by atomic mass is 9.92. The largest absolute Gasteiger partial charge is 0.349 e. The first-order chi connectivity index (χ1) is 15.3. The highest BCUT2D eigenvalue weighted by Crippen LogP contribution is 2.35. The third-order valence-electron chi connectivity index (χ3n) is 4.50. The number of nitrogens with one attached hydrogen (secondary N) is 2. The Labute approximate surface area is 194 Å². The monoisotopic (exact) mass is 490 g/mol. The first-order valence-corrected chi connectivity index (χ1v) is 10.5. The number of nitrogens with zero attached hydrogens (tertiary/aromatic N) is 3. The number of hydrogen-bond donors (Lipinski definition) is 3. The number of amides is 4. The molecule has 1 fully saturated rings. The molecule has 2 heterocycles. The molecule has 0 unspecified atom stereocenters. The number of anilines is 1. The molecule has 2 aromatic carbocycles. The Morgan fingerprint density at radius 2 is 1.84 bits per heavy atom. The van der Waals surface area contributed by atoms with Gasteiger partial charge < -0.3 is 0 Å². The number of imide groups is 1. The maximum absolute atomic E-state index is 13.3. The molecule has 13 heteroatoms. The van der Waals surface area contributed by atoms with E-state index in [4.69, 9.17) is 29.0 Å². The molecule has 4 N–H and O–H groups in total. The number of benzene rings is 2. The van der Waals surface area contributed by atoms with E-state index in [-0.39, 0.29) is 20.7 Å². The number of hydrazine groups is 1. The van der Waals surface area contributed by atoms with Gasteiger partial charge in [-0.25, -0.2) is 25.9 Å². The lowest BCUT2D eigenvalue weighted by Gasteiger charge is -2.29. The van der Waals surface area contributed by atoms with Crippen molar-refractivity contribution in [2.45, 2.75) is 5.92 Å². The molecule has 32 heavy (non-hydrogen) atoms. The summed E-state index contributed by atoms with van der Waals surface area (Å²) in [6.07, 6.45) is 0. The molecular formula is C19H12Cl2N6O4S. The van der Waals surface area contributed by atoms with Gasteiger partial charge in [-0.1, -0.05) is 35.3 Å². The molecule has 162 valence electrons. The van der Waals surface area contributed by atoms with Crippen molar-refractivity contribution in [2.75, 3.05) is 4.90 Å². The van der Waals surface area contributed by atoms with Crippen LogP contribution in [0.2, 0.25) is 10.0 Å². The molecule has 0 bridgehead atoms. The molecule has 4 rings (SSSR count). The molecule has 1 saturated heterocycles. The van der Waals surface area contributed by atoms with Gasteiger partial charge in [0.05, 0.1) is 25.9 Å². The van der Waals surface area contributed by atoms with Gasteiger partial charge in [-0.05, 0) is 30.3 Å². The van der Waals surface area contributed by atoms with Gasteiger partial charge in [0, 0.05) is 0 Å². The highest BCUT2D eigenvalue weighted by Gasteiger charge is 2.48. The van der Waals surface area contributed by atoms with Gasteiger partial charge in [0.25, 0.3) is 5.91 Å². The maximum atomic E-state index is 13.3. The van der Waals surface area contributed by atoms with Crippen LogP contribution in [0.1, 0.15) is 10.9 Å². The molecule has 1 aliphatic heterocycles. The van der Waals surface area contributed by atoms with E-state index < -0.39 is 35.3 Å². The second kappa shape index (κ2) is 8.63. The number of piperidine rings is 1. The first-order valence-electron chi connectivity index (χ1n) is 8.89. The highest BCUT2D eigenvalue weighted by atomic mass is 35.5. The fraction of sp³-hybridized carbons (Fsp3) is 0.0526. The number of hydrazone groups is 1. The minimum Gasteiger partial charge on any atom is -0.287 e. The van der Waals surface area contributed by atoms with Crippen molar-refractivity contribution in [3.8, 4) is 0 Å². The number of thiazole rings is 1. The Hall–Kier alpha value is -3.38. The van der Waals surface area contributed by atoms with Crippen molar-refractivity contribution in [3.05, 3.63) is 57.5 Å². The number of aromatic nitrogens is 1. The van der Waals surface area contributed by atoms with E-state index in [2.05, 4.69) is 10.1 Å². The van der Waals surface area contributed by atoms with Crippen LogP contribution in [0.4, 0.5) is 10.5 Å². The number of carbonyl (C=O) groups excluding carboxylic acids is 4. The Balaban J connectivity index is 1.84. The van der Waals surface area contributed by atoms with E-state index in [0.717, 1.165) is 16.0 Å². The minimum atomic E-state index is -1.41. The molecule has 3 aromatic rings. The van der Waals surface area contributed by atoms with E-state index in [9.17, 15) is 19.2 Å². The molecule has 0 aliphatic carbocycles. The minimum absolute atomic E-state index is 0.0153. The van der Waals surface area contributed by atoms with Crippen molar-refractivity contribution >= 4 is 79.8 Å². The molecular weight excluding hydrogens is 479 g/mol. The molecule has 0 saturated carbocycles. The number of fused-ring (bicyclic) bond motifs is 1. The van der Waals surface area contributed by atoms with Gasteiger partial charge in [-0.2, -0.15) is 5.10 Å². The Morgan fingerprint density at radius 1 is 1.09 bits per heavy atom. The summed E-state index contributed by atoms with van der Waals surface area (Å²) in [5, 5.41) is 4.23. The third kappa shape index (κ3) is 3.82. The number of nitrogens with two attached hydrogens (primary N) is 1. The van der Waals surface area contributed by atoms with E-state index in [0.29, 0.717) is 10.4 Å². The summed E-state index contributed by atoms with van der Waals surface area (Å²) in [7, 11) is 0. The predicted octanol–water partition coefficient (Wildman–Crippen LogP) is 2.36. The summed E-state index contributed by atoms with van der Waals surface area (Å²) in [6, 6.07) is 10.1. The first kappa shape index (κ1) is 21.8. The second-order valence-electron chi connectivity index (χ2n) is 6.44. The summed E-state index contributed by atoms with van der Waals surface area (Å²) >= 11 is 13.0. The predicted molar refractivity (Wildman–Crippen MR) is 120 cm³/mol. The number of ketones is 1. The lowest BCUT2D eigenvalue weighted by molar-refractivity contribution is -0.139. The highest BCUT2D eigenvalue weighted by molar-refractivity contribution is 7.19. The zero-order valence-electron chi connectivity index (χ0n) is 15.8. The lowest BCUT2D eigenvalue weighted by Crippen LogP contribution is -2.55. The normalized spacial score (nSPS) is 17.8. The van der Waals surface area contributed by atoms with Crippen molar-refractivity contribution in [2.24, 2.45) is 10.9 Å². The summed E-state index contributed by atoms with van der Waals surface area (Å²) in [5.41, 5.74) is 4.00. The van der Waals surface area contributed by atoms with Crippen molar-refractivity contribution < 1.29 is 19.2 Å².